The summed E-state index contributed by atoms with van der Waals surface area (Å²) in [5.74, 6) is 1.16. The number of rotatable bonds is 3. The molecule has 1 heterocycles. The molecule has 1 aromatic heterocycles. The number of halogens is 2. The fraction of sp³-hybridized carbons (Fsp3) is 0.250. The predicted molar refractivity (Wildman–Crippen MR) is 88.3 cm³/mol. The average Bonchev–Trinajstić information content (AvgIpc) is 2.82. The number of fused-ring (bicyclic) bond motifs is 1. The van der Waals surface area contributed by atoms with Gasteiger partial charge in [-0.25, -0.2) is 9.97 Å². The Kier molecular flexibility index (Phi) is 3.87. The summed E-state index contributed by atoms with van der Waals surface area (Å²) >= 11 is 12.1. The van der Waals surface area contributed by atoms with Gasteiger partial charge in [-0.1, -0.05) is 37.6 Å². The van der Waals surface area contributed by atoms with Gasteiger partial charge in [0.1, 0.15) is 5.82 Å². The van der Waals surface area contributed by atoms with Gasteiger partial charge in [-0.2, -0.15) is 0 Å². The quantitative estimate of drug-likeness (QED) is 0.797. The van der Waals surface area contributed by atoms with Gasteiger partial charge in [-0.05, 0) is 47.7 Å². The smallest absolute Gasteiger partial charge is 0.224 e. The first-order chi connectivity index (χ1) is 10.0. The maximum atomic E-state index is 6.08. The number of hydrogen-bond acceptors (Lipinski definition) is 3. The molecule has 0 fully saturated rings. The Morgan fingerprint density at radius 3 is 2.71 bits per heavy atom. The molecule has 0 unspecified atom stereocenters. The third-order valence-corrected chi connectivity index (χ3v) is 3.89. The first-order valence-corrected chi connectivity index (χ1v) is 7.59. The van der Waals surface area contributed by atoms with Crippen LogP contribution in [0.4, 0.5) is 11.5 Å². The van der Waals surface area contributed by atoms with Crippen LogP contribution in [-0.2, 0) is 6.42 Å². The largest absolute Gasteiger partial charge is 0.340 e. The van der Waals surface area contributed by atoms with E-state index in [0.717, 1.165) is 29.2 Å². The topological polar surface area (TPSA) is 37.8 Å². The first-order valence-electron chi connectivity index (χ1n) is 6.84. The SMILES string of the molecule is CC(C)C1=CCc2c(Nc3cccc(Cl)c3)nc(Cl)nc21. The Balaban J connectivity index is 2.00. The number of nitrogens with zero attached hydrogens (tertiary/aromatic N) is 2. The summed E-state index contributed by atoms with van der Waals surface area (Å²) in [7, 11) is 0. The zero-order valence-electron chi connectivity index (χ0n) is 11.8. The van der Waals surface area contributed by atoms with Crippen molar-refractivity contribution in [3.05, 3.63) is 51.9 Å². The standard InChI is InChI=1S/C16H15Cl2N3/c1-9(2)12-6-7-13-14(12)20-16(18)21-15(13)19-11-5-3-4-10(17)8-11/h3-6,8-9H,7H2,1-2H3,(H,19,20,21). The molecule has 1 aromatic carbocycles. The van der Waals surface area contributed by atoms with Gasteiger partial charge in [0, 0.05) is 16.3 Å². The fourth-order valence-corrected chi connectivity index (χ4v) is 2.87. The molecule has 108 valence electrons. The maximum Gasteiger partial charge on any atom is 0.224 e. The first kappa shape index (κ1) is 14.4. The van der Waals surface area contributed by atoms with Gasteiger partial charge in [0.15, 0.2) is 0 Å². The molecule has 0 spiro atoms. The molecule has 1 aliphatic carbocycles. The minimum Gasteiger partial charge on any atom is -0.340 e. The Morgan fingerprint density at radius 2 is 2.00 bits per heavy atom. The van der Waals surface area contributed by atoms with E-state index < -0.39 is 0 Å². The predicted octanol–water partition coefficient (Wildman–Crippen LogP) is 5.12. The molecule has 21 heavy (non-hydrogen) atoms. The molecule has 0 bridgehead atoms. The number of aromatic nitrogens is 2. The summed E-state index contributed by atoms with van der Waals surface area (Å²) in [6, 6.07) is 7.53. The molecule has 3 nitrogen and oxygen atoms in total. The van der Waals surface area contributed by atoms with Crippen LogP contribution in [0.25, 0.3) is 5.57 Å². The van der Waals surface area contributed by atoms with Gasteiger partial charge < -0.3 is 5.32 Å². The second kappa shape index (κ2) is 5.66. The normalized spacial score (nSPS) is 13.3. The van der Waals surface area contributed by atoms with Crippen LogP contribution < -0.4 is 5.32 Å². The lowest BCUT2D eigenvalue weighted by Gasteiger charge is -2.13. The Labute approximate surface area is 134 Å². The van der Waals surface area contributed by atoms with Crippen LogP contribution in [0.3, 0.4) is 0 Å². The van der Waals surface area contributed by atoms with Crippen molar-refractivity contribution in [3.63, 3.8) is 0 Å². The van der Waals surface area contributed by atoms with Gasteiger partial charge in [0.2, 0.25) is 5.28 Å². The summed E-state index contributed by atoms with van der Waals surface area (Å²) in [5.41, 5.74) is 4.15. The number of anilines is 2. The lowest BCUT2D eigenvalue weighted by molar-refractivity contribution is 0.850. The van der Waals surface area contributed by atoms with E-state index >= 15 is 0 Å². The van der Waals surface area contributed by atoms with Crippen molar-refractivity contribution in [2.45, 2.75) is 20.3 Å². The third kappa shape index (κ3) is 2.89. The Bertz CT molecular complexity index is 723. The number of hydrogen-bond donors (Lipinski definition) is 1. The second-order valence-corrected chi connectivity index (χ2v) is 6.10. The van der Waals surface area contributed by atoms with Crippen LogP contribution in [0, 0.1) is 5.92 Å². The van der Waals surface area contributed by atoms with Crippen molar-refractivity contribution in [1.29, 1.82) is 0 Å². The van der Waals surface area contributed by atoms with E-state index in [1.165, 1.54) is 5.57 Å². The van der Waals surface area contributed by atoms with Crippen molar-refractivity contribution in [2.24, 2.45) is 5.92 Å². The molecule has 1 N–H and O–H groups in total. The molecule has 0 atom stereocenters. The summed E-state index contributed by atoms with van der Waals surface area (Å²) in [4.78, 5) is 8.73. The maximum absolute atomic E-state index is 6.08. The van der Waals surface area contributed by atoms with Crippen molar-refractivity contribution in [1.82, 2.24) is 9.97 Å². The molecule has 5 heteroatoms. The van der Waals surface area contributed by atoms with E-state index in [-0.39, 0.29) is 5.28 Å². The molecule has 0 saturated carbocycles. The van der Waals surface area contributed by atoms with Crippen LogP contribution in [0.1, 0.15) is 25.1 Å². The molecule has 3 rings (SSSR count). The highest BCUT2D eigenvalue weighted by molar-refractivity contribution is 6.30. The molecule has 2 aromatic rings. The second-order valence-electron chi connectivity index (χ2n) is 5.32. The van der Waals surface area contributed by atoms with Crippen LogP contribution in [0.2, 0.25) is 10.3 Å². The average molecular weight is 320 g/mol. The highest BCUT2D eigenvalue weighted by atomic mass is 35.5. The highest BCUT2D eigenvalue weighted by Gasteiger charge is 2.23. The van der Waals surface area contributed by atoms with Gasteiger partial charge in [-0.15, -0.1) is 0 Å². The lowest BCUT2D eigenvalue weighted by atomic mass is 10.0. The van der Waals surface area contributed by atoms with Crippen LogP contribution in [0.15, 0.2) is 30.3 Å². The Hall–Kier alpha value is -1.58. The Morgan fingerprint density at radius 1 is 1.19 bits per heavy atom. The third-order valence-electron chi connectivity index (χ3n) is 3.49. The lowest BCUT2D eigenvalue weighted by Crippen LogP contribution is -2.04. The number of allylic oxidation sites excluding steroid dienone is 2. The van der Waals surface area contributed by atoms with Gasteiger partial charge in [0.25, 0.3) is 0 Å². The molecule has 0 saturated heterocycles. The van der Waals surface area contributed by atoms with Crippen molar-refractivity contribution in [3.8, 4) is 0 Å². The summed E-state index contributed by atoms with van der Waals surface area (Å²) in [5, 5.41) is 4.23. The van der Waals surface area contributed by atoms with Crippen LogP contribution in [0.5, 0.6) is 0 Å². The van der Waals surface area contributed by atoms with E-state index in [0.29, 0.717) is 10.9 Å². The molecule has 0 aliphatic heterocycles. The van der Waals surface area contributed by atoms with E-state index in [2.05, 4.69) is 35.2 Å². The minimum atomic E-state index is 0.256. The molecule has 0 amide bonds. The van der Waals surface area contributed by atoms with E-state index in [4.69, 9.17) is 23.2 Å². The van der Waals surface area contributed by atoms with Crippen molar-refractivity contribution >= 4 is 40.3 Å². The van der Waals surface area contributed by atoms with Crippen LogP contribution in [-0.4, -0.2) is 9.97 Å². The van der Waals surface area contributed by atoms with Crippen molar-refractivity contribution in [2.75, 3.05) is 5.32 Å². The number of benzene rings is 1. The van der Waals surface area contributed by atoms with E-state index in [9.17, 15) is 0 Å². The van der Waals surface area contributed by atoms with Crippen molar-refractivity contribution < 1.29 is 0 Å². The highest BCUT2D eigenvalue weighted by Crippen LogP contribution is 2.36. The van der Waals surface area contributed by atoms with E-state index in [1.807, 2.05) is 24.3 Å². The minimum absolute atomic E-state index is 0.256. The number of nitrogens with one attached hydrogen (secondary N) is 1. The molecule has 1 aliphatic rings. The summed E-state index contributed by atoms with van der Waals surface area (Å²) in [6.45, 7) is 4.31. The monoisotopic (exact) mass is 319 g/mol. The summed E-state index contributed by atoms with van der Waals surface area (Å²) in [6.07, 6.45) is 3.02. The fourth-order valence-electron chi connectivity index (χ4n) is 2.51. The zero-order chi connectivity index (χ0) is 15.0. The summed E-state index contributed by atoms with van der Waals surface area (Å²) < 4.78 is 0. The van der Waals surface area contributed by atoms with Gasteiger partial charge in [0.05, 0.1) is 5.69 Å². The molecular formula is C16H15Cl2N3. The van der Waals surface area contributed by atoms with Gasteiger partial charge in [-0.3, -0.25) is 0 Å². The van der Waals surface area contributed by atoms with Gasteiger partial charge >= 0.3 is 0 Å². The molecular weight excluding hydrogens is 305 g/mol. The molecule has 0 radical (unpaired) electrons. The van der Waals surface area contributed by atoms with E-state index in [1.54, 1.807) is 0 Å². The zero-order valence-corrected chi connectivity index (χ0v) is 13.3. The van der Waals surface area contributed by atoms with Crippen LogP contribution >= 0.6 is 23.2 Å².